The summed E-state index contributed by atoms with van der Waals surface area (Å²) in [5, 5.41) is 3.24. The maximum absolute atomic E-state index is 12.0. The fraction of sp³-hybridized carbons (Fsp3) is 0.636. The molecule has 0 unspecified atom stereocenters. The molecule has 1 amide bonds. The van der Waals surface area contributed by atoms with Crippen LogP contribution >= 0.6 is 24.0 Å². The molecule has 1 heterocycles. The molecule has 31 heavy (non-hydrogen) atoms. The Morgan fingerprint density at radius 3 is 2.42 bits per heavy atom. The highest BCUT2D eigenvalue weighted by molar-refractivity contribution is 14.0. The zero-order valence-electron chi connectivity index (χ0n) is 19.1. The first-order valence-electron chi connectivity index (χ1n) is 10.5. The molecular weight excluding hydrogens is 511 g/mol. The molecule has 8 nitrogen and oxygen atoms in total. The molecule has 1 saturated heterocycles. The third-order valence-electron chi connectivity index (χ3n) is 5.05. The number of guanidine groups is 1. The van der Waals surface area contributed by atoms with Gasteiger partial charge in [0.2, 0.25) is 5.91 Å². The lowest BCUT2D eigenvalue weighted by molar-refractivity contribution is -0.127. The van der Waals surface area contributed by atoms with Gasteiger partial charge in [-0.25, -0.2) is 4.99 Å². The first kappa shape index (κ1) is 27.4. The van der Waals surface area contributed by atoms with Crippen molar-refractivity contribution in [1.82, 2.24) is 15.1 Å². The van der Waals surface area contributed by atoms with Crippen LogP contribution in [0.3, 0.4) is 0 Å². The summed E-state index contributed by atoms with van der Waals surface area (Å²) in [4.78, 5) is 20.6. The zero-order chi connectivity index (χ0) is 21.8. The number of amides is 1. The normalized spacial score (nSPS) is 14.7. The average molecular weight is 548 g/mol. The molecule has 1 N–H and O–H groups in total. The monoisotopic (exact) mass is 548 g/mol. The van der Waals surface area contributed by atoms with Crippen LogP contribution in [0.1, 0.15) is 24.8 Å². The first-order chi connectivity index (χ1) is 14.5. The predicted molar refractivity (Wildman–Crippen MR) is 133 cm³/mol. The number of nitrogens with zero attached hydrogens (tertiary/aromatic N) is 3. The molecule has 1 fully saturated rings. The zero-order valence-corrected chi connectivity index (χ0v) is 21.5. The van der Waals surface area contributed by atoms with E-state index in [9.17, 15) is 4.79 Å². The van der Waals surface area contributed by atoms with Gasteiger partial charge in [0.1, 0.15) is 5.75 Å². The summed E-state index contributed by atoms with van der Waals surface area (Å²) in [5.41, 5.74) is 1.09. The Kier molecular flexibility index (Phi) is 13.5. The quantitative estimate of drug-likeness (QED) is 0.210. The van der Waals surface area contributed by atoms with E-state index < -0.39 is 0 Å². The second kappa shape index (κ2) is 15.3. The summed E-state index contributed by atoms with van der Waals surface area (Å²) in [6.45, 7) is 3.91. The number of nitrogens with one attached hydrogen (secondary N) is 1. The van der Waals surface area contributed by atoms with Crippen LogP contribution in [0.5, 0.6) is 5.75 Å². The molecule has 0 radical (unpaired) electrons. The molecular formula is C22H37IN4O4. The van der Waals surface area contributed by atoms with Crippen LogP contribution < -0.4 is 10.1 Å². The number of rotatable bonds is 10. The number of halogens is 1. The number of aliphatic imine (C=N–C) groups is 1. The second-order valence-corrected chi connectivity index (χ2v) is 7.53. The Morgan fingerprint density at radius 1 is 1.16 bits per heavy atom. The van der Waals surface area contributed by atoms with E-state index in [-0.39, 0.29) is 42.5 Å². The van der Waals surface area contributed by atoms with Crippen LogP contribution in [0, 0.1) is 0 Å². The van der Waals surface area contributed by atoms with Gasteiger partial charge in [-0.2, -0.15) is 0 Å². The highest BCUT2D eigenvalue weighted by Gasteiger charge is 2.22. The third-order valence-corrected chi connectivity index (χ3v) is 5.05. The summed E-state index contributed by atoms with van der Waals surface area (Å²) in [7, 11) is 6.87. The number of carbonyl (C=O) groups is 1. The molecule has 1 aliphatic rings. The molecule has 0 spiro atoms. The van der Waals surface area contributed by atoms with Crippen molar-refractivity contribution in [1.29, 1.82) is 0 Å². The maximum Gasteiger partial charge on any atom is 0.241 e. The fourth-order valence-electron chi connectivity index (χ4n) is 3.17. The first-order valence-corrected chi connectivity index (χ1v) is 10.5. The van der Waals surface area contributed by atoms with Crippen molar-refractivity contribution in [3.8, 4) is 5.75 Å². The molecule has 1 aromatic rings. The summed E-state index contributed by atoms with van der Waals surface area (Å²) >= 11 is 0. The largest absolute Gasteiger partial charge is 0.497 e. The average Bonchev–Trinajstić information content (AvgIpc) is 2.77. The standard InChI is InChI=1S/C22H36N4O4.HI/c1-25(2)21(27)17-24-22(23-16-18-6-8-19(29-4)9-7-18)26-12-10-20(11-13-26)30-15-5-14-28-3;/h6-9,20H,5,10-17H2,1-4H3,(H,23,24);1H. The van der Waals surface area contributed by atoms with Gasteiger partial charge < -0.3 is 29.3 Å². The second-order valence-electron chi connectivity index (χ2n) is 7.53. The minimum absolute atomic E-state index is 0. The van der Waals surface area contributed by atoms with Crippen molar-refractivity contribution in [2.45, 2.75) is 31.9 Å². The fourth-order valence-corrected chi connectivity index (χ4v) is 3.17. The van der Waals surface area contributed by atoms with Crippen LogP contribution in [0.15, 0.2) is 29.3 Å². The van der Waals surface area contributed by atoms with Gasteiger partial charge in [-0.1, -0.05) is 12.1 Å². The van der Waals surface area contributed by atoms with Crippen molar-refractivity contribution in [3.05, 3.63) is 29.8 Å². The number of benzene rings is 1. The molecule has 0 saturated carbocycles. The lowest BCUT2D eigenvalue weighted by atomic mass is 10.1. The molecule has 0 aromatic heterocycles. The van der Waals surface area contributed by atoms with E-state index in [0.29, 0.717) is 6.54 Å². The van der Waals surface area contributed by atoms with Gasteiger partial charge in [0, 0.05) is 47.5 Å². The SMILES string of the molecule is COCCCOC1CCN(C(=NCc2ccc(OC)cc2)NCC(=O)N(C)C)CC1.I. The summed E-state index contributed by atoms with van der Waals surface area (Å²) in [5.74, 6) is 1.60. The van der Waals surface area contributed by atoms with Gasteiger partial charge in [0.05, 0.1) is 26.3 Å². The number of hydrogen-bond donors (Lipinski definition) is 1. The van der Waals surface area contributed by atoms with Crippen molar-refractivity contribution in [3.63, 3.8) is 0 Å². The number of methoxy groups -OCH3 is 2. The Labute approximate surface area is 203 Å². The lowest BCUT2D eigenvalue weighted by Gasteiger charge is -2.34. The minimum atomic E-state index is 0. The summed E-state index contributed by atoms with van der Waals surface area (Å²) < 4.78 is 16.2. The van der Waals surface area contributed by atoms with Gasteiger partial charge in [0.15, 0.2) is 5.96 Å². The highest BCUT2D eigenvalue weighted by atomic mass is 127. The molecule has 1 aliphatic heterocycles. The van der Waals surface area contributed by atoms with Crippen molar-refractivity contribution in [2.24, 2.45) is 4.99 Å². The Hall–Kier alpha value is -1.59. The molecule has 0 aliphatic carbocycles. The minimum Gasteiger partial charge on any atom is -0.497 e. The van der Waals surface area contributed by atoms with E-state index in [1.54, 1.807) is 33.2 Å². The maximum atomic E-state index is 12.0. The van der Waals surface area contributed by atoms with E-state index in [0.717, 1.165) is 62.8 Å². The number of hydrogen-bond acceptors (Lipinski definition) is 5. The van der Waals surface area contributed by atoms with E-state index >= 15 is 0 Å². The van der Waals surface area contributed by atoms with Gasteiger partial charge in [-0.3, -0.25) is 4.79 Å². The van der Waals surface area contributed by atoms with Crippen LogP contribution in [-0.2, 0) is 20.8 Å². The van der Waals surface area contributed by atoms with Crippen LogP contribution in [0.25, 0.3) is 0 Å². The molecule has 0 atom stereocenters. The number of likely N-dealkylation sites (N-methyl/N-ethyl adjacent to an activating group) is 1. The highest BCUT2D eigenvalue weighted by Crippen LogP contribution is 2.15. The predicted octanol–water partition coefficient (Wildman–Crippen LogP) is 2.36. The van der Waals surface area contributed by atoms with Crippen LogP contribution in [0.2, 0.25) is 0 Å². The van der Waals surface area contributed by atoms with E-state index in [4.69, 9.17) is 19.2 Å². The summed E-state index contributed by atoms with van der Waals surface area (Å²) in [6, 6.07) is 7.87. The number of likely N-dealkylation sites (tertiary alicyclic amines) is 1. The smallest absolute Gasteiger partial charge is 0.241 e. The van der Waals surface area contributed by atoms with Crippen molar-refractivity contribution >= 4 is 35.8 Å². The molecule has 176 valence electrons. The van der Waals surface area contributed by atoms with E-state index in [1.165, 1.54) is 0 Å². The van der Waals surface area contributed by atoms with Crippen LogP contribution in [-0.4, -0.2) is 88.9 Å². The van der Waals surface area contributed by atoms with E-state index in [2.05, 4.69) is 10.2 Å². The number of carbonyl (C=O) groups excluding carboxylic acids is 1. The molecule has 2 rings (SSSR count). The van der Waals surface area contributed by atoms with Crippen LogP contribution in [0.4, 0.5) is 0 Å². The Balaban J connectivity index is 0.00000480. The third kappa shape index (κ3) is 10.0. The van der Waals surface area contributed by atoms with Gasteiger partial charge in [-0.15, -0.1) is 24.0 Å². The topological polar surface area (TPSA) is 75.6 Å². The Morgan fingerprint density at radius 2 is 1.84 bits per heavy atom. The summed E-state index contributed by atoms with van der Waals surface area (Å²) in [6.07, 6.45) is 3.07. The molecule has 0 bridgehead atoms. The van der Waals surface area contributed by atoms with Gasteiger partial charge >= 0.3 is 0 Å². The van der Waals surface area contributed by atoms with Crippen molar-refractivity contribution < 1.29 is 19.0 Å². The Bertz CT molecular complexity index is 662. The number of piperidine rings is 1. The van der Waals surface area contributed by atoms with Gasteiger partial charge in [-0.05, 0) is 37.0 Å². The van der Waals surface area contributed by atoms with E-state index in [1.807, 2.05) is 24.3 Å². The lowest BCUT2D eigenvalue weighted by Crippen LogP contribution is -2.49. The molecule has 1 aromatic carbocycles. The number of ether oxygens (including phenoxy) is 3. The van der Waals surface area contributed by atoms with Crippen molar-refractivity contribution in [2.75, 3.05) is 61.2 Å². The molecule has 9 heteroatoms. The van der Waals surface area contributed by atoms with Gasteiger partial charge in [0.25, 0.3) is 0 Å².